The van der Waals surface area contributed by atoms with Gasteiger partial charge in [0.25, 0.3) is 0 Å². The van der Waals surface area contributed by atoms with Crippen LogP contribution in [-0.2, 0) is 17.9 Å². The lowest BCUT2D eigenvalue weighted by Gasteiger charge is -2.34. The summed E-state index contributed by atoms with van der Waals surface area (Å²) in [5.41, 5.74) is 3.07. The molecule has 1 aliphatic heterocycles. The number of hydrogen-bond donors (Lipinski definition) is 1. The smallest absolute Gasteiger partial charge is 0.224 e. The molecule has 26 heavy (non-hydrogen) atoms. The molecule has 1 N–H and O–H groups in total. The lowest BCUT2D eigenvalue weighted by atomic mass is 10.0. The highest BCUT2D eigenvalue weighted by molar-refractivity contribution is 5.77. The highest BCUT2D eigenvalue weighted by Gasteiger charge is 2.32. The van der Waals surface area contributed by atoms with Crippen molar-refractivity contribution in [3.05, 3.63) is 53.4 Å². The molecule has 2 aromatic rings. The Labute approximate surface area is 154 Å². The minimum atomic E-state index is -0.253. The number of amides is 1. The van der Waals surface area contributed by atoms with Gasteiger partial charge in [0, 0.05) is 44.3 Å². The maximum absolute atomic E-state index is 13.2. The summed E-state index contributed by atoms with van der Waals surface area (Å²) in [6.07, 6.45) is 2.21. The van der Waals surface area contributed by atoms with Crippen LogP contribution >= 0.6 is 0 Å². The lowest BCUT2D eigenvalue weighted by Crippen LogP contribution is -2.45. The van der Waals surface area contributed by atoms with Gasteiger partial charge in [-0.05, 0) is 30.5 Å². The number of aromatic amines is 1. The molecule has 0 aliphatic carbocycles. The second kappa shape index (κ2) is 7.99. The van der Waals surface area contributed by atoms with Gasteiger partial charge in [0.1, 0.15) is 5.82 Å². The van der Waals surface area contributed by atoms with Crippen LogP contribution in [0.2, 0.25) is 0 Å². The molecule has 1 aliphatic rings. The Morgan fingerprint density at radius 2 is 2.00 bits per heavy atom. The number of hydrogen-bond acceptors (Lipinski definition) is 3. The SMILES string of the molecule is Cc1[nH]cnc1CN1CCC(=O)N(Cc2ccc(F)cc2)[C@H](C(C)C)C1. The number of rotatable bonds is 5. The third-order valence-electron chi connectivity index (χ3n) is 5.15. The van der Waals surface area contributed by atoms with Gasteiger partial charge in [0.2, 0.25) is 5.91 Å². The number of carbonyl (C=O) groups is 1. The zero-order valence-electron chi connectivity index (χ0n) is 15.7. The number of carbonyl (C=O) groups excluding carboxylic acids is 1. The Kier molecular flexibility index (Phi) is 5.71. The minimum absolute atomic E-state index is 0.120. The molecule has 3 rings (SSSR count). The van der Waals surface area contributed by atoms with Crippen LogP contribution in [0.5, 0.6) is 0 Å². The van der Waals surface area contributed by atoms with Crippen LogP contribution < -0.4 is 0 Å². The van der Waals surface area contributed by atoms with Crippen LogP contribution in [0.15, 0.2) is 30.6 Å². The summed E-state index contributed by atoms with van der Waals surface area (Å²) < 4.78 is 13.2. The first-order valence-corrected chi connectivity index (χ1v) is 9.19. The normalized spacial score (nSPS) is 19.2. The molecule has 1 saturated heterocycles. The van der Waals surface area contributed by atoms with Gasteiger partial charge in [-0.1, -0.05) is 26.0 Å². The molecule has 1 amide bonds. The fraction of sp³-hybridized carbons (Fsp3) is 0.500. The maximum atomic E-state index is 13.2. The number of H-pyrrole nitrogens is 1. The number of benzene rings is 1. The second-order valence-electron chi connectivity index (χ2n) is 7.42. The maximum Gasteiger partial charge on any atom is 0.224 e. The van der Waals surface area contributed by atoms with Gasteiger partial charge in [-0.3, -0.25) is 9.69 Å². The summed E-state index contributed by atoms with van der Waals surface area (Å²) in [5.74, 6) is 0.242. The first-order valence-electron chi connectivity index (χ1n) is 9.19. The Morgan fingerprint density at radius 3 is 2.62 bits per heavy atom. The van der Waals surface area contributed by atoms with Crippen molar-refractivity contribution in [3.8, 4) is 0 Å². The van der Waals surface area contributed by atoms with E-state index in [1.165, 1.54) is 12.1 Å². The molecule has 0 bridgehead atoms. The number of aromatic nitrogens is 2. The number of nitrogens with one attached hydrogen (secondary N) is 1. The molecule has 1 fully saturated rings. The molecule has 0 radical (unpaired) electrons. The van der Waals surface area contributed by atoms with Crippen molar-refractivity contribution < 1.29 is 9.18 Å². The van der Waals surface area contributed by atoms with Crippen molar-refractivity contribution in [2.45, 2.75) is 46.3 Å². The standard InChI is InChI=1S/C20H27FN4O/c1-14(2)19-12-24(11-18-15(3)22-13-23-18)9-8-20(26)25(19)10-16-4-6-17(21)7-5-16/h4-7,13-14,19H,8-12H2,1-3H3,(H,22,23)/t19-/m0/s1. The van der Waals surface area contributed by atoms with Gasteiger partial charge < -0.3 is 9.88 Å². The fourth-order valence-corrected chi connectivity index (χ4v) is 3.50. The Hall–Kier alpha value is -2.21. The van der Waals surface area contributed by atoms with Gasteiger partial charge in [-0.25, -0.2) is 9.37 Å². The third kappa shape index (κ3) is 4.30. The number of halogens is 1. The van der Waals surface area contributed by atoms with Crippen molar-refractivity contribution in [1.29, 1.82) is 0 Å². The molecule has 0 unspecified atom stereocenters. The molecule has 5 nitrogen and oxygen atoms in total. The van der Waals surface area contributed by atoms with Gasteiger partial charge >= 0.3 is 0 Å². The van der Waals surface area contributed by atoms with E-state index in [0.29, 0.717) is 18.9 Å². The summed E-state index contributed by atoms with van der Waals surface area (Å²) in [6, 6.07) is 6.55. The Balaban J connectivity index is 1.77. The van der Waals surface area contributed by atoms with Crippen molar-refractivity contribution >= 4 is 5.91 Å². The topological polar surface area (TPSA) is 52.2 Å². The molecule has 1 aromatic heterocycles. The van der Waals surface area contributed by atoms with Gasteiger partial charge in [0.05, 0.1) is 12.0 Å². The monoisotopic (exact) mass is 358 g/mol. The first kappa shape index (κ1) is 18.6. The largest absolute Gasteiger partial charge is 0.348 e. The van der Waals surface area contributed by atoms with Crippen LogP contribution in [0.1, 0.15) is 37.2 Å². The van der Waals surface area contributed by atoms with E-state index in [1.54, 1.807) is 18.5 Å². The Morgan fingerprint density at radius 1 is 1.27 bits per heavy atom. The quantitative estimate of drug-likeness (QED) is 0.893. The van der Waals surface area contributed by atoms with E-state index in [-0.39, 0.29) is 17.8 Å². The number of aryl methyl sites for hydroxylation is 1. The molecule has 140 valence electrons. The summed E-state index contributed by atoms with van der Waals surface area (Å²) in [4.78, 5) is 24.6. The first-order chi connectivity index (χ1) is 12.4. The molecular formula is C20H27FN4O. The van der Waals surface area contributed by atoms with Crippen molar-refractivity contribution in [2.75, 3.05) is 13.1 Å². The molecule has 0 saturated carbocycles. The highest BCUT2D eigenvalue weighted by atomic mass is 19.1. The zero-order chi connectivity index (χ0) is 18.7. The molecule has 2 heterocycles. The lowest BCUT2D eigenvalue weighted by molar-refractivity contribution is -0.134. The molecule has 1 aromatic carbocycles. The Bertz CT molecular complexity index is 741. The van der Waals surface area contributed by atoms with E-state index in [2.05, 4.69) is 28.7 Å². The van der Waals surface area contributed by atoms with Crippen molar-refractivity contribution in [1.82, 2.24) is 19.8 Å². The second-order valence-corrected chi connectivity index (χ2v) is 7.42. The summed E-state index contributed by atoms with van der Waals surface area (Å²) >= 11 is 0. The molecule has 6 heteroatoms. The van der Waals surface area contributed by atoms with E-state index in [0.717, 1.165) is 36.6 Å². The average Bonchev–Trinajstić information content (AvgIpc) is 2.94. The zero-order valence-corrected chi connectivity index (χ0v) is 15.7. The minimum Gasteiger partial charge on any atom is -0.348 e. The van der Waals surface area contributed by atoms with Crippen molar-refractivity contribution in [2.24, 2.45) is 5.92 Å². The van der Waals surface area contributed by atoms with Crippen LogP contribution in [-0.4, -0.2) is 44.8 Å². The van der Waals surface area contributed by atoms with Crippen molar-refractivity contribution in [3.63, 3.8) is 0 Å². The summed E-state index contributed by atoms with van der Waals surface area (Å²) in [5, 5.41) is 0. The fourth-order valence-electron chi connectivity index (χ4n) is 3.50. The van der Waals surface area contributed by atoms with E-state index < -0.39 is 0 Å². The predicted molar refractivity (Wildman–Crippen MR) is 98.8 cm³/mol. The van der Waals surface area contributed by atoms with E-state index in [1.807, 2.05) is 11.8 Å². The van der Waals surface area contributed by atoms with Crippen LogP contribution in [0.3, 0.4) is 0 Å². The molecule has 1 atom stereocenters. The van der Waals surface area contributed by atoms with E-state index in [9.17, 15) is 9.18 Å². The summed E-state index contributed by atoms with van der Waals surface area (Å²) in [6.45, 7) is 9.14. The molecule has 0 spiro atoms. The highest BCUT2D eigenvalue weighted by Crippen LogP contribution is 2.22. The van der Waals surface area contributed by atoms with Gasteiger partial charge in [0.15, 0.2) is 0 Å². The van der Waals surface area contributed by atoms with Crippen LogP contribution in [0.25, 0.3) is 0 Å². The molecular weight excluding hydrogens is 331 g/mol. The van der Waals surface area contributed by atoms with Crippen LogP contribution in [0, 0.1) is 18.7 Å². The summed E-state index contributed by atoms with van der Waals surface area (Å²) in [7, 11) is 0. The number of nitrogens with zero attached hydrogens (tertiary/aromatic N) is 3. The third-order valence-corrected chi connectivity index (χ3v) is 5.15. The van der Waals surface area contributed by atoms with E-state index >= 15 is 0 Å². The van der Waals surface area contributed by atoms with Crippen LogP contribution in [0.4, 0.5) is 4.39 Å². The average molecular weight is 358 g/mol. The predicted octanol–water partition coefficient (Wildman–Crippen LogP) is 3.12. The van der Waals surface area contributed by atoms with E-state index in [4.69, 9.17) is 0 Å². The van der Waals surface area contributed by atoms with Gasteiger partial charge in [-0.15, -0.1) is 0 Å². The van der Waals surface area contributed by atoms with Gasteiger partial charge in [-0.2, -0.15) is 0 Å². The number of imidazole rings is 1.